The summed E-state index contributed by atoms with van der Waals surface area (Å²) in [6.07, 6.45) is 0. The summed E-state index contributed by atoms with van der Waals surface area (Å²) >= 11 is 0. The van der Waals surface area contributed by atoms with Crippen molar-refractivity contribution < 1.29 is 14.4 Å². The predicted octanol–water partition coefficient (Wildman–Crippen LogP) is 1.91. The van der Waals surface area contributed by atoms with Crippen molar-refractivity contribution >= 4 is 17.7 Å². The van der Waals surface area contributed by atoms with Crippen molar-refractivity contribution in [2.45, 2.75) is 20.0 Å². The van der Waals surface area contributed by atoms with Crippen molar-refractivity contribution in [1.29, 1.82) is 0 Å². The van der Waals surface area contributed by atoms with E-state index in [4.69, 9.17) is 0 Å². The zero-order chi connectivity index (χ0) is 19.9. The van der Waals surface area contributed by atoms with Gasteiger partial charge in [-0.05, 0) is 11.1 Å². The molecule has 28 heavy (non-hydrogen) atoms. The first-order valence-corrected chi connectivity index (χ1v) is 9.46. The number of piperazine rings is 1. The number of rotatable bonds is 4. The quantitative estimate of drug-likeness (QED) is 0.763. The third kappa shape index (κ3) is 4.97. The molecule has 0 aromatic heterocycles. The molecule has 0 N–H and O–H groups in total. The smallest absolute Gasteiger partial charge is 0.312 e. The van der Waals surface area contributed by atoms with Crippen molar-refractivity contribution in [1.82, 2.24) is 14.7 Å². The van der Waals surface area contributed by atoms with Crippen LogP contribution >= 0.6 is 0 Å². The van der Waals surface area contributed by atoms with Gasteiger partial charge in [0.2, 0.25) is 5.91 Å². The molecule has 1 aliphatic heterocycles. The lowest BCUT2D eigenvalue weighted by Gasteiger charge is -2.35. The van der Waals surface area contributed by atoms with Crippen molar-refractivity contribution in [3.63, 3.8) is 0 Å². The number of hydrogen-bond donors (Lipinski definition) is 0. The molecule has 0 bridgehead atoms. The predicted molar refractivity (Wildman–Crippen MR) is 106 cm³/mol. The summed E-state index contributed by atoms with van der Waals surface area (Å²) in [5, 5.41) is 0. The van der Waals surface area contributed by atoms with Crippen LogP contribution in [0.3, 0.4) is 0 Å². The van der Waals surface area contributed by atoms with Crippen molar-refractivity contribution in [2.24, 2.45) is 0 Å². The van der Waals surface area contributed by atoms with E-state index in [9.17, 15) is 14.4 Å². The van der Waals surface area contributed by atoms with E-state index in [-0.39, 0.29) is 5.91 Å². The zero-order valence-corrected chi connectivity index (χ0v) is 16.1. The molecule has 146 valence electrons. The van der Waals surface area contributed by atoms with Gasteiger partial charge in [0.15, 0.2) is 0 Å². The van der Waals surface area contributed by atoms with Crippen LogP contribution in [0.25, 0.3) is 0 Å². The summed E-state index contributed by atoms with van der Waals surface area (Å²) in [6.45, 7) is 3.95. The average Bonchev–Trinajstić information content (AvgIpc) is 2.74. The third-order valence-electron chi connectivity index (χ3n) is 4.91. The fraction of sp³-hybridized carbons (Fsp3) is 0.318. The van der Waals surface area contributed by atoms with Crippen LogP contribution in [-0.2, 0) is 27.5 Å². The molecule has 1 fully saturated rings. The Kier molecular flexibility index (Phi) is 6.42. The minimum atomic E-state index is -0.510. The molecule has 1 aliphatic rings. The minimum absolute atomic E-state index is 0.00629. The van der Waals surface area contributed by atoms with Gasteiger partial charge in [-0.15, -0.1) is 0 Å². The Morgan fingerprint density at radius 1 is 0.750 bits per heavy atom. The van der Waals surface area contributed by atoms with E-state index in [1.165, 1.54) is 6.92 Å². The van der Waals surface area contributed by atoms with Gasteiger partial charge in [0, 0.05) is 46.2 Å². The Labute approximate surface area is 165 Å². The third-order valence-corrected chi connectivity index (χ3v) is 4.91. The summed E-state index contributed by atoms with van der Waals surface area (Å²) in [5.74, 6) is -1.02. The summed E-state index contributed by atoms with van der Waals surface area (Å²) in [4.78, 5) is 42.1. The van der Waals surface area contributed by atoms with Gasteiger partial charge in [-0.25, -0.2) is 0 Å². The first-order valence-electron chi connectivity index (χ1n) is 9.46. The first kappa shape index (κ1) is 19.6. The van der Waals surface area contributed by atoms with E-state index in [0.717, 1.165) is 11.1 Å². The topological polar surface area (TPSA) is 60.9 Å². The van der Waals surface area contributed by atoms with Crippen LogP contribution in [0.5, 0.6) is 0 Å². The van der Waals surface area contributed by atoms with E-state index in [1.54, 1.807) is 14.7 Å². The largest absolute Gasteiger partial charge is 0.339 e. The van der Waals surface area contributed by atoms with Crippen molar-refractivity contribution in [2.75, 3.05) is 26.2 Å². The van der Waals surface area contributed by atoms with Crippen LogP contribution in [0.1, 0.15) is 18.1 Å². The van der Waals surface area contributed by atoms with Crippen LogP contribution < -0.4 is 0 Å². The molecular formula is C22H25N3O3. The minimum Gasteiger partial charge on any atom is -0.339 e. The van der Waals surface area contributed by atoms with E-state index < -0.39 is 11.8 Å². The molecule has 0 saturated carbocycles. The van der Waals surface area contributed by atoms with Gasteiger partial charge >= 0.3 is 11.8 Å². The van der Waals surface area contributed by atoms with Crippen LogP contribution in [0.2, 0.25) is 0 Å². The van der Waals surface area contributed by atoms with Crippen molar-refractivity contribution in [3.05, 3.63) is 71.8 Å². The standard InChI is InChI=1S/C22H25N3O3/c1-18(26)23-12-14-24(15-13-23)21(27)22(28)25(16-19-8-4-2-5-9-19)17-20-10-6-3-7-11-20/h2-11H,12-17H2,1H3. The molecule has 1 saturated heterocycles. The van der Waals surface area contributed by atoms with Crippen LogP contribution in [0.15, 0.2) is 60.7 Å². The zero-order valence-electron chi connectivity index (χ0n) is 16.1. The lowest BCUT2D eigenvalue weighted by molar-refractivity contribution is -0.154. The van der Waals surface area contributed by atoms with Gasteiger partial charge in [0.05, 0.1) is 0 Å². The van der Waals surface area contributed by atoms with Gasteiger partial charge in [-0.2, -0.15) is 0 Å². The molecule has 0 atom stereocenters. The lowest BCUT2D eigenvalue weighted by Crippen LogP contribution is -2.53. The molecule has 2 aromatic carbocycles. The molecule has 3 amide bonds. The number of nitrogens with zero attached hydrogens (tertiary/aromatic N) is 3. The maximum Gasteiger partial charge on any atom is 0.312 e. The Bertz CT molecular complexity index is 774. The van der Waals surface area contributed by atoms with Gasteiger partial charge in [-0.3, -0.25) is 14.4 Å². The molecule has 0 radical (unpaired) electrons. The molecular weight excluding hydrogens is 354 g/mol. The second kappa shape index (κ2) is 9.17. The highest BCUT2D eigenvalue weighted by Crippen LogP contribution is 2.12. The second-order valence-corrected chi connectivity index (χ2v) is 6.93. The molecule has 6 nitrogen and oxygen atoms in total. The van der Waals surface area contributed by atoms with Gasteiger partial charge in [0.25, 0.3) is 0 Å². The maximum atomic E-state index is 13.0. The maximum absolute atomic E-state index is 13.0. The molecule has 0 unspecified atom stereocenters. The van der Waals surface area contributed by atoms with Gasteiger partial charge in [-0.1, -0.05) is 60.7 Å². The number of benzene rings is 2. The van der Waals surface area contributed by atoms with Crippen LogP contribution in [-0.4, -0.2) is 58.6 Å². The Balaban J connectivity index is 1.72. The highest BCUT2D eigenvalue weighted by molar-refractivity contribution is 6.34. The molecule has 2 aromatic rings. The summed E-state index contributed by atoms with van der Waals surface area (Å²) in [5.41, 5.74) is 1.95. The second-order valence-electron chi connectivity index (χ2n) is 6.93. The first-order chi connectivity index (χ1) is 13.5. The van der Waals surface area contributed by atoms with Crippen LogP contribution in [0.4, 0.5) is 0 Å². The van der Waals surface area contributed by atoms with E-state index >= 15 is 0 Å². The molecule has 1 heterocycles. The fourth-order valence-corrected chi connectivity index (χ4v) is 3.30. The highest BCUT2D eigenvalue weighted by Gasteiger charge is 2.30. The fourth-order valence-electron chi connectivity index (χ4n) is 3.30. The average molecular weight is 379 g/mol. The van der Waals surface area contributed by atoms with E-state index in [2.05, 4.69) is 0 Å². The van der Waals surface area contributed by atoms with Crippen molar-refractivity contribution in [3.8, 4) is 0 Å². The number of amides is 3. The van der Waals surface area contributed by atoms with Gasteiger partial charge in [0.1, 0.15) is 0 Å². The number of carbonyl (C=O) groups is 3. The summed E-state index contributed by atoms with van der Waals surface area (Å²) < 4.78 is 0. The van der Waals surface area contributed by atoms with E-state index in [0.29, 0.717) is 39.3 Å². The summed E-state index contributed by atoms with van der Waals surface area (Å²) in [6, 6.07) is 19.3. The Hall–Kier alpha value is -3.15. The van der Waals surface area contributed by atoms with Gasteiger partial charge < -0.3 is 14.7 Å². The molecule has 6 heteroatoms. The monoisotopic (exact) mass is 379 g/mol. The SMILES string of the molecule is CC(=O)N1CCN(C(=O)C(=O)N(Cc2ccccc2)Cc2ccccc2)CC1. The molecule has 3 rings (SSSR count). The Morgan fingerprint density at radius 2 is 1.18 bits per heavy atom. The normalized spacial score (nSPS) is 13.9. The highest BCUT2D eigenvalue weighted by atomic mass is 16.2. The Morgan fingerprint density at radius 3 is 1.61 bits per heavy atom. The number of carbonyl (C=O) groups excluding carboxylic acids is 3. The van der Waals surface area contributed by atoms with E-state index in [1.807, 2.05) is 60.7 Å². The van der Waals surface area contributed by atoms with Crippen LogP contribution in [0, 0.1) is 0 Å². The summed E-state index contributed by atoms with van der Waals surface area (Å²) in [7, 11) is 0. The lowest BCUT2D eigenvalue weighted by atomic mass is 10.1. The number of hydrogen-bond acceptors (Lipinski definition) is 3. The molecule has 0 aliphatic carbocycles. The molecule has 0 spiro atoms.